The molecule has 0 aliphatic heterocycles. The van der Waals surface area contributed by atoms with Crippen molar-refractivity contribution in [3.8, 4) is 0 Å². The van der Waals surface area contributed by atoms with E-state index in [0.717, 1.165) is 5.69 Å². The second kappa shape index (κ2) is 4.95. The van der Waals surface area contributed by atoms with E-state index in [2.05, 4.69) is 9.71 Å². The Morgan fingerprint density at radius 3 is 2.83 bits per heavy atom. The average Bonchev–Trinajstić information content (AvgIpc) is 2.62. The molecular weight excluding hydrogens is 270 g/mol. The molecule has 0 radical (unpaired) electrons. The Hall–Kier alpha value is -1.60. The van der Waals surface area contributed by atoms with E-state index >= 15 is 0 Å². The second-order valence-corrected chi connectivity index (χ2v) is 6.48. The van der Waals surface area contributed by atoms with E-state index in [1.165, 1.54) is 11.3 Å². The number of nitrogens with zero attached hydrogens (tertiary/aromatic N) is 1. The van der Waals surface area contributed by atoms with Gasteiger partial charge in [-0.2, -0.15) is 0 Å². The number of benzene rings is 1. The van der Waals surface area contributed by atoms with Crippen LogP contribution in [0.25, 0.3) is 0 Å². The minimum Gasteiger partial charge on any atom is -0.399 e. The topological polar surface area (TPSA) is 85.1 Å². The summed E-state index contributed by atoms with van der Waals surface area (Å²) in [6, 6.07) is 6.82. The second-order valence-electron chi connectivity index (χ2n) is 3.90. The molecule has 2 aromatic rings. The summed E-state index contributed by atoms with van der Waals surface area (Å²) >= 11 is 1.26. The first-order valence-electron chi connectivity index (χ1n) is 5.22. The fourth-order valence-electron chi connectivity index (χ4n) is 1.47. The molecule has 0 amide bonds. The molecule has 96 valence electrons. The van der Waals surface area contributed by atoms with Gasteiger partial charge in [0.15, 0.2) is 5.13 Å². The van der Waals surface area contributed by atoms with Crippen molar-refractivity contribution in [2.45, 2.75) is 12.7 Å². The summed E-state index contributed by atoms with van der Waals surface area (Å²) in [5.74, 6) is -0.114. The first-order chi connectivity index (χ1) is 8.44. The largest absolute Gasteiger partial charge is 0.399 e. The monoisotopic (exact) mass is 283 g/mol. The smallest absolute Gasteiger partial charge is 0.238 e. The zero-order valence-corrected chi connectivity index (χ0v) is 11.4. The summed E-state index contributed by atoms with van der Waals surface area (Å²) in [5, 5.41) is 2.18. The van der Waals surface area contributed by atoms with Gasteiger partial charge in [0.05, 0.1) is 11.4 Å². The first-order valence-corrected chi connectivity index (χ1v) is 7.75. The number of thiazole rings is 1. The average molecular weight is 283 g/mol. The van der Waals surface area contributed by atoms with Crippen molar-refractivity contribution in [1.29, 1.82) is 0 Å². The molecule has 0 fully saturated rings. The Morgan fingerprint density at radius 2 is 2.22 bits per heavy atom. The molecule has 1 aromatic carbocycles. The number of hydrogen-bond acceptors (Lipinski definition) is 5. The SMILES string of the molecule is Cc1csc(NS(=O)(=O)Cc2cccc(N)c2)n1. The van der Waals surface area contributed by atoms with Gasteiger partial charge in [-0.05, 0) is 24.6 Å². The van der Waals surface area contributed by atoms with Crippen LogP contribution in [-0.2, 0) is 15.8 Å². The minimum atomic E-state index is -3.45. The number of nitrogens with one attached hydrogen (secondary N) is 1. The standard InChI is InChI=1S/C11H13N3O2S2/c1-8-6-17-11(13-8)14-18(15,16)7-9-3-2-4-10(12)5-9/h2-6H,7,12H2,1H3,(H,13,14). The Labute approximate surface area is 110 Å². The number of hydrogen-bond donors (Lipinski definition) is 2. The van der Waals surface area contributed by atoms with Crippen LogP contribution in [0.3, 0.4) is 0 Å². The maximum absolute atomic E-state index is 11.9. The minimum absolute atomic E-state index is 0.114. The third kappa shape index (κ3) is 3.44. The highest BCUT2D eigenvalue weighted by atomic mass is 32.2. The van der Waals surface area contributed by atoms with Crippen LogP contribution in [0.2, 0.25) is 0 Å². The molecule has 18 heavy (non-hydrogen) atoms. The molecule has 0 unspecified atom stereocenters. The van der Waals surface area contributed by atoms with E-state index in [1.807, 2.05) is 6.92 Å². The zero-order valence-electron chi connectivity index (χ0n) is 9.75. The predicted molar refractivity (Wildman–Crippen MR) is 74.0 cm³/mol. The summed E-state index contributed by atoms with van der Waals surface area (Å²) < 4.78 is 26.3. The third-order valence-electron chi connectivity index (χ3n) is 2.17. The van der Waals surface area contributed by atoms with Gasteiger partial charge < -0.3 is 5.73 Å². The van der Waals surface area contributed by atoms with E-state index in [-0.39, 0.29) is 5.75 Å². The number of sulfonamides is 1. The fourth-order valence-corrected chi connectivity index (χ4v) is 3.58. The van der Waals surface area contributed by atoms with Gasteiger partial charge in [-0.1, -0.05) is 12.1 Å². The van der Waals surface area contributed by atoms with Crippen molar-refractivity contribution in [2.24, 2.45) is 0 Å². The molecule has 1 heterocycles. The Kier molecular flexibility index (Phi) is 3.53. The van der Waals surface area contributed by atoms with Crippen molar-refractivity contribution in [2.75, 3.05) is 10.5 Å². The van der Waals surface area contributed by atoms with Gasteiger partial charge >= 0.3 is 0 Å². The molecule has 0 saturated heterocycles. The molecule has 1 aromatic heterocycles. The molecule has 0 spiro atoms. The molecule has 0 bridgehead atoms. The predicted octanol–water partition coefficient (Wildman–Crippen LogP) is 1.98. The van der Waals surface area contributed by atoms with Crippen LogP contribution in [0.5, 0.6) is 0 Å². The molecule has 7 heteroatoms. The van der Waals surface area contributed by atoms with Crippen molar-refractivity contribution in [1.82, 2.24) is 4.98 Å². The van der Waals surface area contributed by atoms with Gasteiger partial charge in [0, 0.05) is 11.1 Å². The summed E-state index contributed by atoms with van der Waals surface area (Å²) in [6.45, 7) is 1.81. The number of anilines is 2. The number of aryl methyl sites for hydroxylation is 1. The summed E-state index contributed by atoms with van der Waals surface area (Å²) in [7, 11) is -3.45. The summed E-state index contributed by atoms with van der Waals surface area (Å²) in [5.41, 5.74) is 7.60. The van der Waals surface area contributed by atoms with Crippen molar-refractivity contribution < 1.29 is 8.42 Å². The first kappa shape index (κ1) is 12.8. The summed E-state index contributed by atoms with van der Waals surface area (Å²) in [6.07, 6.45) is 0. The van der Waals surface area contributed by atoms with E-state index in [0.29, 0.717) is 16.4 Å². The van der Waals surface area contributed by atoms with Gasteiger partial charge in [0.2, 0.25) is 10.0 Å². The highest BCUT2D eigenvalue weighted by Gasteiger charge is 2.13. The molecule has 0 atom stereocenters. The lowest BCUT2D eigenvalue weighted by molar-refractivity contribution is 0.600. The van der Waals surface area contributed by atoms with Crippen LogP contribution < -0.4 is 10.5 Å². The van der Waals surface area contributed by atoms with Crippen molar-refractivity contribution in [3.05, 3.63) is 40.9 Å². The van der Waals surface area contributed by atoms with E-state index in [9.17, 15) is 8.42 Å². The molecule has 5 nitrogen and oxygen atoms in total. The van der Waals surface area contributed by atoms with Gasteiger partial charge in [0.1, 0.15) is 0 Å². The maximum Gasteiger partial charge on any atom is 0.238 e. The molecular formula is C11H13N3O2S2. The van der Waals surface area contributed by atoms with E-state index < -0.39 is 10.0 Å². The molecule has 0 aliphatic rings. The quantitative estimate of drug-likeness (QED) is 0.840. The van der Waals surface area contributed by atoms with Crippen LogP contribution in [0, 0.1) is 6.92 Å². The lowest BCUT2D eigenvalue weighted by Crippen LogP contribution is -2.15. The maximum atomic E-state index is 11.9. The van der Waals surface area contributed by atoms with Crippen molar-refractivity contribution in [3.63, 3.8) is 0 Å². The van der Waals surface area contributed by atoms with E-state index in [4.69, 9.17) is 5.73 Å². The molecule has 0 aliphatic carbocycles. The van der Waals surface area contributed by atoms with Gasteiger partial charge in [-0.3, -0.25) is 4.72 Å². The van der Waals surface area contributed by atoms with Crippen LogP contribution in [0.1, 0.15) is 11.3 Å². The van der Waals surface area contributed by atoms with Gasteiger partial charge in [0.25, 0.3) is 0 Å². The number of rotatable bonds is 4. The normalized spacial score (nSPS) is 11.4. The lowest BCUT2D eigenvalue weighted by atomic mass is 10.2. The molecule has 2 rings (SSSR count). The fraction of sp³-hybridized carbons (Fsp3) is 0.182. The third-order valence-corrected chi connectivity index (χ3v) is 4.39. The Morgan fingerprint density at radius 1 is 1.44 bits per heavy atom. The highest BCUT2D eigenvalue weighted by molar-refractivity contribution is 7.92. The number of aromatic nitrogens is 1. The number of nitrogens with two attached hydrogens (primary N) is 1. The van der Waals surface area contributed by atoms with Gasteiger partial charge in [-0.15, -0.1) is 11.3 Å². The van der Waals surface area contributed by atoms with Crippen LogP contribution in [0.15, 0.2) is 29.6 Å². The highest BCUT2D eigenvalue weighted by Crippen LogP contribution is 2.18. The van der Waals surface area contributed by atoms with Crippen LogP contribution in [-0.4, -0.2) is 13.4 Å². The Balaban J connectivity index is 2.12. The molecule has 3 N–H and O–H groups in total. The van der Waals surface area contributed by atoms with Crippen LogP contribution >= 0.6 is 11.3 Å². The number of nitrogen functional groups attached to an aromatic ring is 1. The summed E-state index contributed by atoms with van der Waals surface area (Å²) in [4.78, 5) is 4.06. The van der Waals surface area contributed by atoms with Gasteiger partial charge in [-0.25, -0.2) is 13.4 Å². The van der Waals surface area contributed by atoms with E-state index in [1.54, 1.807) is 29.6 Å². The lowest BCUT2D eigenvalue weighted by Gasteiger charge is -2.05. The Bertz CT molecular complexity index is 650. The molecule has 0 saturated carbocycles. The van der Waals surface area contributed by atoms with Crippen LogP contribution in [0.4, 0.5) is 10.8 Å². The van der Waals surface area contributed by atoms with Crippen molar-refractivity contribution >= 4 is 32.2 Å². The zero-order chi connectivity index (χ0) is 13.2.